The van der Waals surface area contributed by atoms with Gasteiger partial charge in [-0.25, -0.2) is 0 Å². The van der Waals surface area contributed by atoms with Crippen LogP contribution in [-0.4, -0.2) is 43.6 Å². The first kappa shape index (κ1) is 20.2. The van der Waals surface area contributed by atoms with Crippen molar-refractivity contribution in [1.29, 1.82) is 0 Å². The van der Waals surface area contributed by atoms with E-state index in [1.807, 2.05) is 66.4 Å². The summed E-state index contributed by atoms with van der Waals surface area (Å²) >= 11 is 0. The number of aryl methyl sites for hydroxylation is 1. The maximum absolute atomic E-state index is 13.1. The van der Waals surface area contributed by atoms with Crippen LogP contribution in [0.2, 0.25) is 0 Å². The summed E-state index contributed by atoms with van der Waals surface area (Å²) in [6.45, 7) is 10.8. The van der Waals surface area contributed by atoms with Gasteiger partial charge in [-0.2, -0.15) is 0 Å². The van der Waals surface area contributed by atoms with E-state index in [4.69, 9.17) is 0 Å². The fraction of sp³-hybridized carbons (Fsp3) is 0.435. The van der Waals surface area contributed by atoms with Gasteiger partial charge in [-0.15, -0.1) is 0 Å². The van der Waals surface area contributed by atoms with Crippen molar-refractivity contribution in [2.75, 3.05) is 38.1 Å². The molecule has 0 saturated carbocycles. The molecule has 1 amide bonds. The molecule has 0 aliphatic carbocycles. The van der Waals surface area contributed by atoms with Crippen molar-refractivity contribution in [3.63, 3.8) is 0 Å². The Morgan fingerprint density at radius 3 is 2.12 bits per heavy atom. The summed E-state index contributed by atoms with van der Waals surface area (Å²) in [5, 5.41) is 0. The Morgan fingerprint density at radius 1 is 0.923 bits per heavy atom. The number of hydrogen-bond donors (Lipinski definition) is 0. The van der Waals surface area contributed by atoms with Crippen molar-refractivity contribution in [1.82, 2.24) is 0 Å². The predicted octanol–water partition coefficient (Wildman–Crippen LogP) is 4.91. The molecule has 0 aliphatic rings. The van der Waals surface area contributed by atoms with E-state index in [9.17, 15) is 4.79 Å². The first-order valence-corrected chi connectivity index (χ1v) is 9.76. The van der Waals surface area contributed by atoms with Gasteiger partial charge in [-0.05, 0) is 57.9 Å². The lowest BCUT2D eigenvalue weighted by molar-refractivity contribution is -0.906. The lowest BCUT2D eigenvalue weighted by atomic mass is 10.1. The molecule has 140 valence electrons. The van der Waals surface area contributed by atoms with Crippen LogP contribution in [0.5, 0.6) is 0 Å². The molecule has 0 aromatic heterocycles. The van der Waals surface area contributed by atoms with Crippen LogP contribution in [0.15, 0.2) is 54.6 Å². The summed E-state index contributed by atoms with van der Waals surface area (Å²) in [5.41, 5.74) is 2.90. The van der Waals surface area contributed by atoms with Crippen LogP contribution in [-0.2, 0) is 0 Å². The van der Waals surface area contributed by atoms with Gasteiger partial charge in [-0.3, -0.25) is 4.79 Å². The van der Waals surface area contributed by atoms with E-state index in [1.54, 1.807) is 0 Å². The van der Waals surface area contributed by atoms with E-state index < -0.39 is 0 Å². The fourth-order valence-electron chi connectivity index (χ4n) is 3.11. The number of hydrogen-bond acceptors (Lipinski definition) is 1. The number of quaternary nitrogens is 1. The third-order valence-corrected chi connectivity index (χ3v) is 5.47. The summed E-state index contributed by atoms with van der Waals surface area (Å²) in [4.78, 5) is 15.0. The number of anilines is 1. The van der Waals surface area contributed by atoms with Gasteiger partial charge in [0.25, 0.3) is 5.91 Å². The number of para-hydroxylation sites is 1. The van der Waals surface area contributed by atoms with Crippen molar-refractivity contribution >= 4 is 11.6 Å². The molecule has 2 rings (SSSR count). The second kappa shape index (κ2) is 9.54. The predicted molar refractivity (Wildman–Crippen MR) is 111 cm³/mol. The molecule has 0 saturated heterocycles. The molecule has 0 radical (unpaired) electrons. The van der Waals surface area contributed by atoms with Gasteiger partial charge in [0, 0.05) is 17.8 Å². The first-order chi connectivity index (χ1) is 12.5. The summed E-state index contributed by atoms with van der Waals surface area (Å²) in [7, 11) is 2.31. The van der Waals surface area contributed by atoms with Crippen molar-refractivity contribution < 1.29 is 9.28 Å². The minimum Gasteiger partial charge on any atom is -0.327 e. The van der Waals surface area contributed by atoms with Gasteiger partial charge in [0.05, 0.1) is 26.7 Å². The highest BCUT2D eigenvalue weighted by Crippen LogP contribution is 2.18. The topological polar surface area (TPSA) is 20.3 Å². The fourth-order valence-corrected chi connectivity index (χ4v) is 3.11. The first-order valence-electron chi connectivity index (χ1n) is 9.76. The molecule has 0 fully saturated rings. The van der Waals surface area contributed by atoms with Gasteiger partial charge < -0.3 is 9.38 Å². The second-order valence-corrected chi connectivity index (χ2v) is 7.34. The van der Waals surface area contributed by atoms with Gasteiger partial charge >= 0.3 is 0 Å². The highest BCUT2D eigenvalue weighted by Gasteiger charge is 2.19. The number of carbonyl (C=O) groups excluding carboxylic acids is 1. The average Bonchev–Trinajstić information content (AvgIpc) is 2.68. The van der Waals surface area contributed by atoms with Crippen molar-refractivity contribution in [2.24, 2.45) is 0 Å². The standard InChI is InChI=1S/C23H33N2O/c1-5-25(4,6-2)19-11-10-18-24(22-12-8-7-9-13-22)23(26)21-16-14-20(3)15-17-21/h7-9,12-17H,5-6,10-11,18-19H2,1-4H3/q+1. The van der Waals surface area contributed by atoms with Crippen LogP contribution in [0, 0.1) is 6.92 Å². The van der Waals surface area contributed by atoms with E-state index in [0.717, 1.165) is 54.8 Å². The minimum absolute atomic E-state index is 0.0828. The molecule has 3 heteroatoms. The summed E-state index contributed by atoms with van der Waals surface area (Å²) < 4.78 is 1.09. The molecule has 0 N–H and O–H groups in total. The lowest BCUT2D eigenvalue weighted by Gasteiger charge is -2.32. The molecular weight excluding hydrogens is 320 g/mol. The van der Waals surface area contributed by atoms with Gasteiger partial charge in [0.15, 0.2) is 0 Å². The maximum Gasteiger partial charge on any atom is 0.258 e. The Bertz CT molecular complexity index is 675. The third kappa shape index (κ3) is 5.43. The largest absolute Gasteiger partial charge is 0.327 e. The van der Waals surface area contributed by atoms with E-state index in [-0.39, 0.29) is 5.91 Å². The minimum atomic E-state index is 0.0828. The molecule has 0 heterocycles. The maximum atomic E-state index is 13.1. The SMILES string of the molecule is CC[N+](C)(CC)CCCCN(C(=O)c1ccc(C)cc1)c1ccccc1. The number of amides is 1. The Labute approximate surface area is 158 Å². The Kier molecular flexibility index (Phi) is 7.40. The molecule has 0 bridgehead atoms. The van der Waals surface area contributed by atoms with E-state index in [1.165, 1.54) is 5.56 Å². The molecule has 0 spiro atoms. The Morgan fingerprint density at radius 2 is 1.54 bits per heavy atom. The lowest BCUT2D eigenvalue weighted by Crippen LogP contribution is -2.44. The van der Waals surface area contributed by atoms with E-state index >= 15 is 0 Å². The Balaban J connectivity index is 2.07. The number of carbonyl (C=O) groups is 1. The van der Waals surface area contributed by atoms with Crippen LogP contribution < -0.4 is 4.90 Å². The summed E-state index contributed by atoms with van der Waals surface area (Å²) in [5.74, 6) is 0.0828. The second-order valence-electron chi connectivity index (χ2n) is 7.34. The zero-order valence-electron chi connectivity index (χ0n) is 16.7. The van der Waals surface area contributed by atoms with Gasteiger partial charge in [-0.1, -0.05) is 35.9 Å². The van der Waals surface area contributed by atoms with Gasteiger partial charge in [0.1, 0.15) is 0 Å². The van der Waals surface area contributed by atoms with Crippen LogP contribution in [0.3, 0.4) is 0 Å². The smallest absolute Gasteiger partial charge is 0.258 e. The number of rotatable bonds is 9. The normalized spacial score (nSPS) is 11.4. The van der Waals surface area contributed by atoms with Crippen LogP contribution >= 0.6 is 0 Å². The molecule has 0 aliphatic heterocycles. The highest BCUT2D eigenvalue weighted by atomic mass is 16.2. The van der Waals surface area contributed by atoms with Crippen molar-refractivity contribution in [2.45, 2.75) is 33.6 Å². The van der Waals surface area contributed by atoms with Crippen molar-refractivity contribution in [3.8, 4) is 0 Å². The molecule has 26 heavy (non-hydrogen) atoms. The zero-order chi connectivity index (χ0) is 19.0. The molecule has 3 nitrogen and oxygen atoms in total. The number of nitrogens with zero attached hydrogens (tertiary/aromatic N) is 2. The average molecular weight is 354 g/mol. The zero-order valence-corrected chi connectivity index (χ0v) is 16.7. The van der Waals surface area contributed by atoms with Crippen LogP contribution in [0.4, 0.5) is 5.69 Å². The van der Waals surface area contributed by atoms with Crippen LogP contribution in [0.1, 0.15) is 42.6 Å². The van der Waals surface area contributed by atoms with Crippen LogP contribution in [0.25, 0.3) is 0 Å². The van der Waals surface area contributed by atoms with E-state index in [0.29, 0.717) is 0 Å². The molecule has 0 unspecified atom stereocenters. The van der Waals surface area contributed by atoms with Crippen molar-refractivity contribution in [3.05, 3.63) is 65.7 Å². The molecular formula is C23H33N2O+. The summed E-state index contributed by atoms with van der Waals surface area (Å²) in [6.07, 6.45) is 2.14. The van der Waals surface area contributed by atoms with Gasteiger partial charge in [0.2, 0.25) is 0 Å². The molecule has 2 aromatic rings. The molecule has 0 atom stereocenters. The quantitative estimate of drug-likeness (QED) is 0.463. The number of unbranched alkanes of at least 4 members (excludes halogenated alkanes) is 1. The molecule has 2 aromatic carbocycles. The third-order valence-electron chi connectivity index (χ3n) is 5.47. The summed E-state index contributed by atoms with van der Waals surface area (Å²) in [6, 6.07) is 17.9. The highest BCUT2D eigenvalue weighted by molar-refractivity contribution is 6.06. The van der Waals surface area contributed by atoms with E-state index in [2.05, 4.69) is 20.9 Å². The number of benzene rings is 2. The monoisotopic (exact) mass is 353 g/mol. The Hall–Kier alpha value is -2.13.